The van der Waals surface area contributed by atoms with Crippen LogP contribution in [0.5, 0.6) is 5.75 Å². The number of hydrogen-bond donors (Lipinski definition) is 8. The lowest BCUT2D eigenvalue weighted by molar-refractivity contribution is -0.131. The van der Waals surface area contributed by atoms with Gasteiger partial charge in [-0.25, -0.2) is 4.79 Å². The Morgan fingerprint density at radius 1 is 0.706 bits per heavy atom. The standard InChI is InChI=1S/C39H55N5O7/c1-25(2)35(44-36(48)29(40)22-28-18-12-13-19-32(28)45)37(49)42-30(20-26-14-8-6-9-15-26)33(46)23-41-24-34(47)31(21-27-16-10-7-11-17-27)43-38(50)51-39(3,4)5/h6-19,25,29-31,33-35,41,45-47H,20-24,40H2,1-5H3,(H,42,49)(H,43,50)(H,44,48)/t29?,30-,31-,33+,34+,35-/m0/s1. The number of nitrogens with two attached hydrogens (primary N) is 1. The van der Waals surface area contributed by atoms with Crippen molar-refractivity contribution in [3.8, 4) is 5.75 Å². The van der Waals surface area contributed by atoms with Gasteiger partial charge in [-0.2, -0.15) is 0 Å². The van der Waals surface area contributed by atoms with Gasteiger partial charge in [-0.3, -0.25) is 9.59 Å². The van der Waals surface area contributed by atoms with E-state index in [9.17, 15) is 29.7 Å². The third-order valence-corrected chi connectivity index (χ3v) is 8.28. The van der Waals surface area contributed by atoms with E-state index in [1.54, 1.807) is 52.8 Å². The number of para-hydroxylation sites is 1. The molecule has 12 nitrogen and oxygen atoms in total. The molecule has 0 radical (unpaired) electrons. The smallest absolute Gasteiger partial charge is 0.407 e. The van der Waals surface area contributed by atoms with Crippen molar-refractivity contribution in [2.24, 2.45) is 11.7 Å². The minimum absolute atomic E-state index is 0.00345. The fraction of sp³-hybridized carbons (Fsp3) is 0.462. The van der Waals surface area contributed by atoms with Crippen LogP contribution in [-0.2, 0) is 33.6 Å². The molecular formula is C39H55N5O7. The second kappa shape index (κ2) is 19.8. The van der Waals surface area contributed by atoms with Gasteiger partial charge in [-0.05, 0) is 62.3 Å². The quantitative estimate of drug-likeness (QED) is 0.0982. The highest BCUT2D eigenvalue weighted by atomic mass is 16.6. The molecule has 0 aliphatic carbocycles. The van der Waals surface area contributed by atoms with E-state index in [0.29, 0.717) is 18.4 Å². The number of amides is 3. The summed E-state index contributed by atoms with van der Waals surface area (Å²) in [5.41, 5.74) is 7.74. The Labute approximate surface area is 301 Å². The van der Waals surface area contributed by atoms with Gasteiger partial charge in [-0.1, -0.05) is 92.7 Å². The summed E-state index contributed by atoms with van der Waals surface area (Å²) in [7, 11) is 0. The number of alkyl carbamates (subject to hydrolysis) is 1. The topological polar surface area (TPSA) is 195 Å². The van der Waals surface area contributed by atoms with E-state index in [-0.39, 0.29) is 31.2 Å². The Bertz CT molecular complexity index is 1520. The number of nitrogens with one attached hydrogen (secondary N) is 4. The molecule has 0 aromatic heterocycles. The number of aliphatic hydroxyl groups excluding tert-OH is 2. The zero-order chi connectivity index (χ0) is 37.6. The van der Waals surface area contributed by atoms with Crippen molar-refractivity contribution < 1.29 is 34.4 Å². The highest BCUT2D eigenvalue weighted by molar-refractivity contribution is 5.90. The summed E-state index contributed by atoms with van der Waals surface area (Å²) < 4.78 is 5.42. The van der Waals surface area contributed by atoms with Crippen molar-refractivity contribution in [2.75, 3.05) is 13.1 Å². The van der Waals surface area contributed by atoms with Crippen LogP contribution in [-0.4, -0.2) is 88.3 Å². The molecule has 0 aliphatic rings. The first-order chi connectivity index (χ1) is 24.1. The van der Waals surface area contributed by atoms with Gasteiger partial charge in [0.1, 0.15) is 17.4 Å². The van der Waals surface area contributed by atoms with E-state index in [0.717, 1.165) is 11.1 Å². The van der Waals surface area contributed by atoms with Crippen molar-refractivity contribution in [3.63, 3.8) is 0 Å². The molecule has 3 rings (SSSR count). The summed E-state index contributed by atoms with van der Waals surface area (Å²) in [6.45, 7) is 8.89. The number of rotatable bonds is 18. The van der Waals surface area contributed by atoms with Crippen LogP contribution in [0.25, 0.3) is 0 Å². The molecule has 0 heterocycles. The second-order valence-corrected chi connectivity index (χ2v) is 14.2. The summed E-state index contributed by atoms with van der Waals surface area (Å²) in [6.07, 6.45) is -2.08. The Balaban J connectivity index is 1.68. The Kier molecular flexibility index (Phi) is 15.9. The largest absolute Gasteiger partial charge is 0.508 e. The zero-order valence-electron chi connectivity index (χ0n) is 30.2. The molecule has 3 aromatic carbocycles. The first-order valence-electron chi connectivity index (χ1n) is 17.4. The van der Waals surface area contributed by atoms with Crippen LogP contribution in [0, 0.1) is 5.92 Å². The van der Waals surface area contributed by atoms with E-state index in [4.69, 9.17) is 10.5 Å². The van der Waals surface area contributed by atoms with Crippen LogP contribution in [0.2, 0.25) is 0 Å². The average molecular weight is 706 g/mol. The van der Waals surface area contributed by atoms with E-state index in [1.165, 1.54) is 6.07 Å². The molecule has 1 unspecified atom stereocenters. The van der Waals surface area contributed by atoms with Gasteiger partial charge >= 0.3 is 6.09 Å². The first-order valence-corrected chi connectivity index (χ1v) is 17.4. The van der Waals surface area contributed by atoms with Crippen LogP contribution >= 0.6 is 0 Å². The first kappa shape index (κ1) is 40.9. The van der Waals surface area contributed by atoms with Crippen LogP contribution in [0.3, 0.4) is 0 Å². The zero-order valence-corrected chi connectivity index (χ0v) is 30.2. The number of benzene rings is 3. The maximum atomic E-state index is 13.7. The van der Waals surface area contributed by atoms with Crippen molar-refractivity contribution in [1.29, 1.82) is 0 Å². The van der Waals surface area contributed by atoms with Crippen molar-refractivity contribution in [2.45, 2.75) is 95.9 Å². The summed E-state index contributed by atoms with van der Waals surface area (Å²) in [5.74, 6) is -1.32. The predicted molar refractivity (Wildman–Crippen MR) is 197 cm³/mol. The van der Waals surface area contributed by atoms with Crippen LogP contribution in [0.1, 0.15) is 51.3 Å². The van der Waals surface area contributed by atoms with Gasteiger partial charge in [0.05, 0.1) is 30.3 Å². The molecule has 0 saturated heterocycles. The maximum absolute atomic E-state index is 13.7. The van der Waals surface area contributed by atoms with Gasteiger partial charge in [0, 0.05) is 19.5 Å². The summed E-state index contributed by atoms with van der Waals surface area (Å²) >= 11 is 0. The molecule has 51 heavy (non-hydrogen) atoms. The van der Waals surface area contributed by atoms with Crippen LogP contribution < -0.4 is 27.0 Å². The third kappa shape index (κ3) is 14.3. The molecule has 9 N–H and O–H groups in total. The van der Waals surface area contributed by atoms with Crippen molar-refractivity contribution >= 4 is 17.9 Å². The molecule has 0 saturated carbocycles. The molecule has 6 atom stereocenters. The molecule has 278 valence electrons. The number of carbonyl (C=O) groups excluding carboxylic acids is 3. The lowest BCUT2D eigenvalue weighted by Gasteiger charge is -2.30. The fourth-order valence-corrected chi connectivity index (χ4v) is 5.51. The highest BCUT2D eigenvalue weighted by Crippen LogP contribution is 2.17. The Morgan fingerprint density at radius 3 is 1.69 bits per heavy atom. The van der Waals surface area contributed by atoms with E-state index in [2.05, 4.69) is 21.3 Å². The number of aromatic hydroxyl groups is 1. The number of phenols is 1. The SMILES string of the molecule is CC(C)[C@H](NC(=O)C(N)Cc1ccccc1O)C(=O)N[C@@H](Cc1ccccc1)[C@H](O)CNC[C@@H](O)[C@H](Cc1ccccc1)NC(=O)OC(C)(C)C. The normalized spacial score (nSPS) is 15.2. The number of phenolic OH excluding ortho intramolecular Hbond substituents is 1. The number of carbonyl (C=O) groups is 3. The third-order valence-electron chi connectivity index (χ3n) is 8.28. The highest BCUT2D eigenvalue weighted by Gasteiger charge is 2.31. The minimum atomic E-state index is -1.10. The van der Waals surface area contributed by atoms with Gasteiger partial charge in [0.2, 0.25) is 11.8 Å². The summed E-state index contributed by atoms with van der Waals surface area (Å²) in [4.78, 5) is 39.4. The molecule has 3 amide bonds. The second-order valence-electron chi connectivity index (χ2n) is 14.2. The predicted octanol–water partition coefficient (Wildman–Crippen LogP) is 2.58. The van der Waals surface area contributed by atoms with Gasteiger partial charge in [0.25, 0.3) is 0 Å². The molecular weight excluding hydrogens is 650 g/mol. The van der Waals surface area contributed by atoms with Gasteiger partial charge in [0.15, 0.2) is 0 Å². The Morgan fingerprint density at radius 2 is 1.20 bits per heavy atom. The fourth-order valence-electron chi connectivity index (χ4n) is 5.51. The van der Waals surface area contributed by atoms with Crippen molar-refractivity contribution in [3.05, 3.63) is 102 Å². The molecule has 0 spiro atoms. The number of hydrogen-bond acceptors (Lipinski definition) is 9. The molecule has 0 aliphatic heterocycles. The Hall–Kier alpha value is -4.49. The maximum Gasteiger partial charge on any atom is 0.407 e. The molecule has 12 heteroatoms. The number of ether oxygens (including phenoxy) is 1. The minimum Gasteiger partial charge on any atom is -0.508 e. The van der Waals surface area contributed by atoms with Crippen LogP contribution in [0.4, 0.5) is 4.79 Å². The molecule has 0 bridgehead atoms. The molecule has 3 aromatic rings. The summed E-state index contributed by atoms with van der Waals surface area (Å²) in [6, 6.07) is 22.0. The van der Waals surface area contributed by atoms with Crippen LogP contribution in [0.15, 0.2) is 84.9 Å². The number of aliphatic hydroxyl groups is 2. The molecule has 0 fully saturated rings. The summed E-state index contributed by atoms with van der Waals surface area (Å²) in [5, 5.41) is 44.2. The van der Waals surface area contributed by atoms with E-state index in [1.807, 2.05) is 60.7 Å². The lowest BCUT2D eigenvalue weighted by Crippen LogP contribution is -2.58. The lowest BCUT2D eigenvalue weighted by atomic mass is 9.97. The van der Waals surface area contributed by atoms with Gasteiger partial charge < -0.3 is 47.1 Å². The monoisotopic (exact) mass is 705 g/mol. The van der Waals surface area contributed by atoms with Gasteiger partial charge in [-0.15, -0.1) is 0 Å². The van der Waals surface area contributed by atoms with E-state index >= 15 is 0 Å². The average Bonchev–Trinajstić information content (AvgIpc) is 3.07. The van der Waals surface area contributed by atoms with E-state index < -0.39 is 59.9 Å². The van der Waals surface area contributed by atoms with Crippen molar-refractivity contribution in [1.82, 2.24) is 21.3 Å².